The lowest BCUT2D eigenvalue weighted by atomic mass is 10.2. The zero-order chi connectivity index (χ0) is 25.1. The molecule has 36 heavy (non-hydrogen) atoms. The molecule has 0 aliphatic carbocycles. The van der Waals surface area contributed by atoms with Gasteiger partial charge in [-0.15, -0.1) is 0 Å². The van der Waals surface area contributed by atoms with Gasteiger partial charge in [0.05, 0.1) is 17.4 Å². The van der Waals surface area contributed by atoms with Crippen LogP contribution in [0.3, 0.4) is 0 Å². The van der Waals surface area contributed by atoms with E-state index in [2.05, 4.69) is 34.2 Å². The van der Waals surface area contributed by atoms with E-state index in [1.54, 1.807) is 0 Å². The molecule has 4 N–H and O–H groups in total. The molecule has 0 bridgehead atoms. The number of primary amides is 1. The van der Waals surface area contributed by atoms with Gasteiger partial charge in [-0.3, -0.25) is 9.59 Å². The highest BCUT2D eigenvalue weighted by molar-refractivity contribution is 7.00. The summed E-state index contributed by atoms with van der Waals surface area (Å²) in [6.07, 6.45) is 1.93. The molecular formula is C24H25N9O2S. The predicted octanol–water partition coefficient (Wildman–Crippen LogP) is 3.13. The van der Waals surface area contributed by atoms with Gasteiger partial charge in [0, 0.05) is 50.2 Å². The Hall–Kier alpha value is -4.32. The monoisotopic (exact) mass is 503 g/mol. The normalized spacial score (nSPS) is 13.6. The number of rotatable bonds is 7. The van der Waals surface area contributed by atoms with Crippen LogP contribution in [0.25, 0.3) is 11.0 Å². The molecule has 1 aliphatic rings. The number of piperazine rings is 1. The van der Waals surface area contributed by atoms with Gasteiger partial charge >= 0.3 is 0 Å². The van der Waals surface area contributed by atoms with E-state index in [1.165, 1.54) is 6.20 Å². The molecule has 0 spiro atoms. The summed E-state index contributed by atoms with van der Waals surface area (Å²) in [4.78, 5) is 36.8. The van der Waals surface area contributed by atoms with Crippen molar-refractivity contribution in [2.75, 3.05) is 41.7 Å². The molecule has 5 rings (SSSR count). The molecular weight excluding hydrogens is 478 g/mol. The van der Waals surface area contributed by atoms with E-state index in [1.807, 2.05) is 54.3 Å². The van der Waals surface area contributed by atoms with Crippen molar-refractivity contribution in [3.8, 4) is 0 Å². The maximum atomic E-state index is 12.0. The lowest BCUT2D eigenvalue weighted by molar-refractivity contribution is -0.131. The second-order valence-corrected chi connectivity index (χ2v) is 8.80. The third-order valence-electron chi connectivity index (χ3n) is 6.02. The van der Waals surface area contributed by atoms with Crippen LogP contribution < -0.4 is 21.3 Å². The van der Waals surface area contributed by atoms with Crippen molar-refractivity contribution in [2.45, 2.75) is 13.3 Å². The molecule has 12 heteroatoms. The molecule has 3 heterocycles. The number of hydrogen-bond donors (Lipinski definition) is 3. The first-order chi connectivity index (χ1) is 17.5. The molecule has 184 valence electrons. The number of benzene rings is 2. The minimum absolute atomic E-state index is 0.164. The van der Waals surface area contributed by atoms with Crippen LogP contribution in [0.5, 0.6) is 0 Å². The van der Waals surface area contributed by atoms with Gasteiger partial charge < -0.3 is 26.2 Å². The predicted molar refractivity (Wildman–Crippen MR) is 140 cm³/mol. The second-order valence-electron chi connectivity index (χ2n) is 8.28. The van der Waals surface area contributed by atoms with Crippen LogP contribution in [-0.2, 0) is 4.79 Å². The minimum Gasteiger partial charge on any atom is -0.368 e. The molecule has 2 amide bonds. The van der Waals surface area contributed by atoms with Gasteiger partial charge in [-0.1, -0.05) is 13.0 Å². The molecule has 1 aliphatic heterocycles. The highest BCUT2D eigenvalue weighted by atomic mass is 32.1. The number of hydrogen-bond acceptors (Lipinski definition) is 10. The Balaban J connectivity index is 1.31. The van der Waals surface area contributed by atoms with Crippen molar-refractivity contribution in [3.05, 3.63) is 54.2 Å². The number of anilines is 5. The van der Waals surface area contributed by atoms with E-state index >= 15 is 0 Å². The first-order valence-corrected chi connectivity index (χ1v) is 12.3. The largest absolute Gasteiger partial charge is 0.368 e. The third-order valence-corrected chi connectivity index (χ3v) is 6.56. The van der Waals surface area contributed by atoms with Crippen molar-refractivity contribution >= 4 is 63.4 Å². The van der Waals surface area contributed by atoms with Crippen LogP contribution in [0.1, 0.15) is 23.7 Å². The smallest absolute Gasteiger partial charge is 0.254 e. The highest BCUT2D eigenvalue weighted by Gasteiger charge is 2.20. The van der Waals surface area contributed by atoms with E-state index in [0.717, 1.165) is 54.8 Å². The lowest BCUT2D eigenvalue weighted by Gasteiger charge is -2.36. The van der Waals surface area contributed by atoms with Crippen LogP contribution >= 0.6 is 11.7 Å². The Labute approximate surface area is 211 Å². The molecule has 0 unspecified atom stereocenters. The van der Waals surface area contributed by atoms with Gasteiger partial charge in [-0.25, -0.2) is 4.98 Å². The summed E-state index contributed by atoms with van der Waals surface area (Å²) in [5.41, 5.74) is 9.69. The molecule has 4 aromatic rings. The second kappa shape index (κ2) is 10.1. The summed E-state index contributed by atoms with van der Waals surface area (Å²) in [6.45, 7) is 4.95. The van der Waals surface area contributed by atoms with Crippen LogP contribution in [0.15, 0.2) is 48.7 Å². The molecule has 2 aromatic carbocycles. The average molecular weight is 504 g/mol. The molecule has 1 fully saturated rings. The Morgan fingerprint density at radius 3 is 2.53 bits per heavy atom. The molecule has 11 nitrogen and oxygen atoms in total. The fourth-order valence-corrected chi connectivity index (χ4v) is 4.62. The third kappa shape index (κ3) is 4.89. The first-order valence-electron chi connectivity index (χ1n) is 11.6. The van der Waals surface area contributed by atoms with Gasteiger partial charge in [-0.05, 0) is 36.4 Å². The fraction of sp³-hybridized carbons (Fsp3) is 0.250. The van der Waals surface area contributed by atoms with E-state index < -0.39 is 5.91 Å². The molecule has 1 saturated heterocycles. The van der Waals surface area contributed by atoms with Crippen LogP contribution in [-0.4, -0.2) is 61.6 Å². The molecule has 0 atom stereocenters. The minimum atomic E-state index is -0.641. The van der Waals surface area contributed by atoms with E-state index in [-0.39, 0.29) is 17.3 Å². The Bertz CT molecular complexity index is 1400. The molecule has 0 saturated carbocycles. The Morgan fingerprint density at radius 1 is 1.03 bits per heavy atom. The summed E-state index contributed by atoms with van der Waals surface area (Å²) in [5.74, 6) is 0.144. The van der Waals surface area contributed by atoms with Crippen molar-refractivity contribution in [3.63, 3.8) is 0 Å². The van der Waals surface area contributed by atoms with Crippen LogP contribution in [0.2, 0.25) is 0 Å². The van der Waals surface area contributed by atoms with Gasteiger partial charge in [0.15, 0.2) is 0 Å². The van der Waals surface area contributed by atoms with Crippen molar-refractivity contribution < 1.29 is 9.59 Å². The highest BCUT2D eigenvalue weighted by Crippen LogP contribution is 2.27. The van der Waals surface area contributed by atoms with Gasteiger partial charge in [0.1, 0.15) is 22.4 Å². The van der Waals surface area contributed by atoms with Crippen molar-refractivity contribution in [2.24, 2.45) is 5.73 Å². The van der Waals surface area contributed by atoms with Gasteiger partial charge in [-0.2, -0.15) is 13.7 Å². The maximum Gasteiger partial charge on any atom is 0.254 e. The quantitative estimate of drug-likeness (QED) is 0.347. The molecule has 0 radical (unpaired) electrons. The van der Waals surface area contributed by atoms with Crippen molar-refractivity contribution in [1.29, 1.82) is 0 Å². The van der Waals surface area contributed by atoms with Crippen LogP contribution in [0, 0.1) is 0 Å². The Morgan fingerprint density at radius 2 is 1.81 bits per heavy atom. The number of fused-ring (bicyclic) bond motifs is 1. The summed E-state index contributed by atoms with van der Waals surface area (Å²) in [6, 6.07) is 13.5. The maximum absolute atomic E-state index is 12.0. The van der Waals surface area contributed by atoms with Crippen molar-refractivity contribution in [1.82, 2.24) is 23.6 Å². The summed E-state index contributed by atoms with van der Waals surface area (Å²) >= 11 is 1.11. The average Bonchev–Trinajstić information content (AvgIpc) is 3.39. The van der Waals surface area contributed by atoms with Crippen LogP contribution in [0.4, 0.5) is 28.8 Å². The first kappa shape index (κ1) is 23.4. The summed E-state index contributed by atoms with van der Waals surface area (Å²) < 4.78 is 8.55. The topological polar surface area (TPSA) is 142 Å². The standard InChI is InChI=1S/C24H25N9O2S/c1-2-20(34)33-12-10-32(11-13-33)16-8-6-15(7-9-16)27-24-26-14-17(22(25)35)23(29-24)28-18-4-3-5-19-21(18)31-36-30-19/h3-9,14H,2,10-13H2,1H3,(H2,25,35)(H2,26,27,28,29). The number of aromatic nitrogens is 4. The lowest BCUT2D eigenvalue weighted by Crippen LogP contribution is -2.48. The van der Waals surface area contributed by atoms with Gasteiger partial charge in [0.25, 0.3) is 5.91 Å². The number of amides is 2. The number of nitrogens with two attached hydrogens (primary N) is 1. The summed E-state index contributed by atoms with van der Waals surface area (Å²) in [7, 11) is 0. The van der Waals surface area contributed by atoms with E-state index in [0.29, 0.717) is 23.6 Å². The molecule has 2 aromatic heterocycles. The number of nitrogens with zero attached hydrogens (tertiary/aromatic N) is 6. The van der Waals surface area contributed by atoms with E-state index in [9.17, 15) is 9.59 Å². The zero-order valence-electron chi connectivity index (χ0n) is 19.6. The Kier molecular flexibility index (Phi) is 6.58. The summed E-state index contributed by atoms with van der Waals surface area (Å²) in [5, 5.41) is 6.33. The SMILES string of the molecule is CCC(=O)N1CCN(c2ccc(Nc3ncc(C(N)=O)c(Nc4cccc5nsnc45)n3)cc2)CC1. The van der Waals surface area contributed by atoms with E-state index in [4.69, 9.17) is 5.73 Å². The number of nitrogens with one attached hydrogen (secondary N) is 2. The zero-order valence-corrected chi connectivity index (χ0v) is 20.5. The fourth-order valence-electron chi connectivity index (χ4n) is 4.07. The van der Waals surface area contributed by atoms with Gasteiger partial charge in [0.2, 0.25) is 11.9 Å². The number of carbonyl (C=O) groups excluding carboxylic acids is 2. The number of carbonyl (C=O) groups is 2.